The fourth-order valence-electron chi connectivity index (χ4n) is 5.88. The molecule has 2 rings (SSSR count). The van der Waals surface area contributed by atoms with Crippen LogP contribution in [0.4, 0.5) is 0 Å². The van der Waals surface area contributed by atoms with Gasteiger partial charge >= 0.3 is 230 Å². The molecule has 6 heteroatoms. The monoisotopic (exact) mass is 639 g/mol. The summed E-state index contributed by atoms with van der Waals surface area (Å²) in [6.45, 7) is 26.7. The van der Waals surface area contributed by atoms with Crippen LogP contribution >= 0.6 is 0 Å². The molecule has 2 atom stereocenters. The molecule has 0 aliphatic carbocycles. The van der Waals surface area contributed by atoms with Gasteiger partial charge in [-0.1, -0.05) is 0 Å². The van der Waals surface area contributed by atoms with Crippen molar-refractivity contribution in [2.75, 3.05) is 13.1 Å². The zero-order valence-electron chi connectivity index (χ0n) is 24.3. The molecule has 1 fully saturated rings. The number of rotatable bonds is 15. The van der Waals surface area contributed by atoms with E-state index in [9.17, 15) is 8.42 Å². The van der Waals surface area contributed by atoms with Crippen LogP contribution in [-0.4, -0.2) is 52.3 Å². The first kappa shape index (κ1) is 31.8. The predicted octanol–water partition coefficient (Wildman–Crippen LogP) is 8.61. The molecule has 0 spiro atoms. The number of hydrogen-bond acceptors (Lipinski definition) is 2. The third-order valence-electron chi connectivity index (χ3n) is 8.51. The molecule has 1 aliphatic rings. The topological polar surface area (TPSA) is 37.4 Å². The van der Waals surface area contributed by atoms with Gasteiger partial charge in [-0.15, -0.1) is 0 Å². The van der Waals surface area contributed by atoms with E-state index in [0.29, 0.717) is 18.0 Å². The van der Waals surface area contributed by atoms with Crippen LogP contribution in [0, 0.1) is 18.8 Å². The molecule has 204 valence electrons. The van der Waals surface area contributed by atoms with Gasteiger partial charge in [0.15, 0.2) is 0 Å². The molecule has 0 amide bonds. The van der Waals surface area contributed by atoms with Crippen molar-refractivity contribution in [1.82, 2.24) is 4.31 Å². The minimum atomic E-state index is -3.54. The van der Waals surface area contributed by atoms with Crippen LogP contribution in [0.2, 0.25) is 33.0 Å². The van der Waals surface area contributed by atoms with Gasteiger partial charge in [-0.2, -0.15) is 0 Å². The first-order chi connectivity index (χ1) is 16.8. The van der Waals surface area contributed by atoms with Crippen LogP contribution in [0.1, 0.15) is 64.9 Å². The second-order valence-electron chi connectivity index (χ2n) is 12.2. The minimum absolute atomic E-state index is 0.199. The molecule has 0 bridgehead atoms. The number of nitrogens with zero attached hydrogens (tertiary/aromatic N) is 1. The fraction of sp³-hybridized carbons (Fsp3) is 0.667. The third-order valence-corrected chi connectivity index (χ3v) is 28.8. The van der Waals surface area contributed by atoms with Crippen molar-refractivity contribution in [1.29, 1.82) is 0 Å². The number of unbranched alkanes of at least 4 members (excludes halogenated alkanes) is 3. The normalized spacial score (nSPS) is 19.5. The summed E-state index contributed by atoms with van der Waals surface area (Å²) >= 11 is -2.75. The molecule has 36 heavy (non-hydrogen) atoms. The van der Waals surface area contributed by atoms with Crippen LogP contribution in [0.25, 0.3) is 0 Å². The SMILES string of the molecule is C=C([C@@H]1CN(S(=O)(=O)c2ccc(C)cc2)C[C@H]1[C](=C)[Sn]([CH2]CCC)([CH2]CCC)[CH2]CCC)[Si](C)(C)C. The molecule has 0 N–H and O–H groups in total. The summed E-state index contributed by atoms with van der Waals surface area (Å²) in [6, 6.07) is 7.34. The van der Waals surface area contributed by atoms with Gasteiger partial charge in [0.1, 0.15) is 0 Å². The van der Waals surface area contributed by atoms with E-state index in [1.54, 1.807) is 16.4 Å². The third kappa shape index (κ3) is 7.60. The summed E-state index contributed by atoms with van der Waals surface area (Å²) in [5.74, 6) is 0.427. The van der Waals surface area contributed by atoms with Crippen molar-refractivity contribution < 1.29 is 8.42 Å². The van der Waals surface area contributed by atoms with Crippen LogP contribution in [0.3, 0.4) is 0 Å². The first-order valence-electron chi connectivity index (χ1n) is 14.3. The zero-order valence-corrected chi connectivity index (χ0v) is 29.0. The van der Waals surface area contributed by atoms with E-state index >= 15 is 0 Å². The van der Waals surface area contributed by atoms with E-state index in [-0.39, 0.29) is 11.8 Å². The molecular weight excluding hydrogens is 585 g/mol. The maximum atomic E-state index is 13.8. The molecular formula is C30H53NO2SSiSn. The van der Waals surface area contributed by atoms with Gasteiger partial charge in [0.05, 0.1) is 0 Å². The van der Waals surface area contributed by atoms with E-state index < -0.39 is 36.5 Å². The summed E-state index contributed by atoms with van der Waals surface area (Å²) in [4.78, 5) is 0.412. The van der Waals surface area contributed by atoms with Crippen LogP contribution in [0.15, 0.2) is 51.1 Å². The molecule has 1 heterocycles. The Morgan fingerprint density at radius 3 is 1.75 bits per heavy atom. The van der Waals surface area contributed by atoms with Gasteiger partial charge < -0.3 is 0 Å². The second-order valence-corrected chi connectivity index (χ2v) is 32.7. The molecule has 1 aromatic carbocycles. The summed E-state index contributed by atoms with van der Waals surface area (Å²) in [5, 5.41) is 1.32. The van der Waals surface area contributed by atoms with Crippen molar-refractivity contribution in [3.63, 3.8) is 0 Å². The van der Waals surface area contributed by atoms with E-state index in [1.807, 2.05) is 19.1 Å². The van der Waals surface area contributed by atoms with Gasteiger partial charge in [-0.3, -0.25) is 0 Å². The number of benzene rings is 1. The van der Waals surface area contributed by atoms with E-state index in [2.05, 4.69) is 47.0 Å². The quantitative estimate of drug-likeness (QED) is 0.181. The Morgan fingerprint density at radius 2 is 1.33 bits per heavy atom. The maximum absolute atomic E-state index is 13.8. The summed E-state index contributed by atoms with van der Waals surface area (Å²) in [5.41, 5.74) is 1.08. The summed E-state index contributed by atoms with van der Waals surface area (Å²) in [7, 11) is -5.20. The van der Waals surface area contributed by atoms with Crippen LogP contribution in [0.5, 0.6) is 0 Å². The Bertz CT molecular complexity index is 959. The molecule has 1 saturated heterocycles. The van der Waals surface area contributed by atoms with Gasteiger partial charge in [0.2, 0.25) is 0 Å². The number of aryl methyl sites for hydroxylation is 1. The first-order valence-corrected chi connectivity index (χ1v) is 26.7. The van der Waals surface area contributed by atoms with E-state index in [1.165, 1.54) is 60.6 Å². The average molecular weight is 639 g/mol. The van der Waals surface area contributed by atoms with Gasteiger partial charge in [0, 0.05) is 0 Å². The number of hydrogen-bond donors (Lipinski definition) is 0. The Morgan fingerprint density at radius 1 is 0.889 bits per heavy atom. The van der Waals surface area contributed by atoms with Crippen molar-refractivity contribution in [3.05, 3.63) is 51.8 Å². The molecule has 1 aromatic rings. The summed E-state index contributed by atoms with van der Waals surface area (Å²) in [6.07, 6.45) is 7.57. The van der Waals surface area contributed by atoms with E-state index in [0.717, 1.165) is 5.56 Å². The molecule has 0 unspecified atom stereocenters. The van der Waals surface area contributed by atoms with Crippen molar-refractivity contribution >= 4 is 36.5 Å². The second kappa shape index (κ2) is 13.6. The van der Waals surface area contributed by atoms with Gasteiger partial charge in [0.25, 0.3) is 0 Å². The van der Waals surface area contributed by atoms with Crippen LogP contribution < -0.4 is 0 Å². The molecule has 0 saturated carbocycles. The standard InChI is InChI=1S/C18H26NO2SSi.3C4H9.Sn/c1-7-16-12-19(13-18(16)15(3)23(4,5)6)22(20,21)17-10-8-14(2)9-11-17;3*1-3-4-2;/h8-11,16,18H,1,3,12-13H2,2,4-6H3;3*1,3-4H2,2H3;/t16-,18+;;;;/m1..../s1. The average Bonchev–Trinajstić information content (AvgIpc) is 3.28. The van der Waals surface area contributed by atoms with E-state index in [4.69, 9.17) is 6.58 Å². The molecule has 0 radical (unpaired) electrons. The number of sulfonamides is 1. The van der Waals surface area contributed by atoms with Crippen molar-refractivity contribution in [2.24, 2.45) is 11.8 Å². The Balaban J connectivity index is 2.53. The van der Waals surface area contributed by atoms with Gasteiger partial charge in [-0.05, 0) is 0 Å². The predicted molar refractivity (Wildman–Crippen MR) is 163 cm³/mol. The van der Waals surface area contributed by atoms with Crippen molar-refractivity contribution in [2.45, 2.75) is 104 Å². The zero-order chi connectivity index (χ0) is 27.1. The molecule has 0 aromatic heterocycles. The van der Waals surface area contributed by atoms with Crippen molar-refractivity contribution in [3.8, 4) is 0 Å². The summed E-state index contributed by atoms with van der Waals surface area (Å²) < 4.78 is 35.0. The van der Waals surface area contributed by atoms with Crippen LogP contribution in [-0.2, 0) is 10.0 Å². The Hall–Kier alpha value is -0.374. The Kier molecular flexibility index (Phi) is 12.0. The molecule has 3 nitrogen and oxygen atoms in total. The Labute approximate surface area is 228 Å². The van der Waals surface area contributed by atoms with Gasteiger partial charge in [-0.25, -0.2) is 0 Å². The molecule has 1 aliphatic heterocycles. The fourth-order valence-corrected chi connectivity index (χ4v) is 25.6.